The molecule has 0 radical (unpaired) electrons. The third kappa shape index (κ3) is 68.6. The highest BCUT2D eigenvalue weighted by molar-refractivity contribution is 7.47. The van der Waals surface area contributed by atoms with Crippen LogP contribution in [-0.2, 0) is 65.4 Å². The SMILES string of the molecule is CCCCCCCCCCCCCCCCCCCCCC(=O)O[C@H](COC(=O)CCCCCCCCCCCCCCCC)COP(=O)(O)OC[C@@H](O)COP(=O)(O)OC[C@@H](COC(=O)CCCCCCCCCCC)OC(=O)CCCCCCCCCCCC(C)C. The van der Waals surface area contributed by atoms with Crippen molar-refractivity contribution < 1.29 is 80.2 Å². The summed E-state index contributed by atoms with van der Waals surface area (Å²) in [7, 11) is -9.91. The van der Waals surface area contributed by atoms with Crippen LogP contribution in [0, 0.1) is 5.92 Å². The lowest BCUT2D eigenvalue weighted by Gasteiger charge is -2.21. The van der Waals surface area contributed by atoms with Crippen molar-refractivity contribution in [2.45, 2.75) is 412 Å². The molecule has 3 N–H and O–H groups in total. The van der Waals surface area contributed by atoms with Crippen molar-refractivity contribution in [3.8, 4) is 0 Å². The van der Waals surface area contributed by atoms with Gasteiger partial charge in [0.25, 0.3) is 0 Å². The fraction of sp³-hybridized carbons (Fsp3) is 0.947. The van der Waals surface area contributed by atoms with Crippen LogP contribution in [0.2, 0.25) is 0 Å². The van der Waals surface area contributed by atoms with Crippen molar-refractivity contribution >= 4 is 39.5 Å². The predicted molar refractivity (Wildman–Crippen MR) is 382 cm³/mol. The molecule has 0 aromatic carbocycles. The number of aliphatic hydroxyl groups is 1. The average molecular weight is 1380 g/mol. The minimum Gasteiger partial charge on any atom is -0.462 e. The average Bonchev–Trinajstić information content (AvgIpc) is 1.12. The van der Waals surface area contributed by atoms with E-state index in [1.807, 2.05) is 0 Å². The molecule has 0 aromatic heterocycles. The number of phosphoric acid groups is 2. The molecule has 0 aliphatic rings. The number of hydrogen-bond acceptors (Lipinski definition) is 15. The first-order valence-electron chi connectivity index (χ1n) is 39.1. The molecule has 0 saturated carbocycles. The Kier molecular flexibility index (Phi) is 66.8. The topological polar surface area (TPSA) is 237 Å². The van der Waals surface area contributed by atoms with Crippen molar-refractivity contribution in [3.63, 3.8) is 0 Å². The molecule has 94 heavy (non-hydrogen) atoms. The van der Waals surface area contributed by atoms with Gasteiger partial charge in [-0.1, -0.05) is 343 Å². The van der Waals surface area contributed by atoms with Gasteiger partial charge in [-0.3, -0.25) is 37.3 Å². The van der Waals surface area contributed by atoms with E-state index in [-0.39, 0.29) is 25.7 Å². The molecule has 0 aliphatic carbocycles. The maximum Gasteiger partial charge on any atom is 0.472 e. The molecule has 5 atom stereocenters. The monoisotopic (exact) mass is 1380 g/mol. The molecule has 17 nitrogen and oxygen atoms in total. The van der Waals surface area contributed by atoms with Gasteiger partial charge in [-0.05, 0) is 31.6 Å². The van der Waals surface area contributed by atoms with Crippen LogP contribution in [0.1, 0.15) is 394 Å². The van der Waals surface area contributed by atoms with Gasteiger partial charge >= 0.3 is 39.5 Å². The van der Waals surface area contributed by atoms with Crippen LogP contribution in [0.5, 0.6) is 0 Å². The first kappa shape index (κ1) is 92.1. The third-order valence-electron chi connectivity index (χ3n) is 17.5. The van der Waals surface area contributed by atoms with Gasteiger partial charge in [0, 0.05) is 25.7 Å². The van der Waals surface area contributed by atoms with E-state index in [2.05, 4.69) is 34.6 Å². The Morgan fingerprint density at radius 2 is 0.489 bits per heavy atom. The second-order valence-electron chi connectivity index (χ2n) is 27.5. The van der Waals surface area contributed by atoms with E-state index in [1.54, 1.807) is 0 Å². The van der Waals surface area contributed by atoms with Crippen LogP contribution in [0.3, 0.4) is 0 Å². The zero-order valence-electron chi connectivity index (χ0n) is 61.1. The van der Waals surface area contributed by atoms with Gasteiger partial charge in [0.1, 0.15) is 19.3 Å². The lowest BCUT2D eigenvalue weighted by Crippen LogP contribution is -2.30. The van der Waals surface area contributed by atoms with Gasteiger partial charge in [-0.2, -0.15) is 0 Å². The summed E-state index contributed by atoms with van der Waals surface area (Å²) >= 11 is 0. The molecule has 0 bridgehead atoms. The summed E-state index contributed by atoms with van der Waals surface area (Å²) in [5.74, 6) is -1.38. The molecule has 0 heterocycles. The first-order chi connectivity index (χ1) is 45.5. The Morgan fingerprint density at radius 1 is 0.287 bits per heavy atom. The van der Waals surface area contributed by atoms with Crippen molar-refractivity contribution in [1.29, 1.82) is 0 Å². The molecule has 0 amide bonds. The normalized spacial score (nSPS) is 14.0. The number of rotatable bonds is 75. The summed E-state index contributed by atoms with van der Waals surface area (Å²) in [6.07, 6.45) is 56.9. The molecule has 0 rings (SSSR count). The Labute approximate surface area is 575 Å². The van der Waals surface area contributed by atoms with E-state index < -0.39 is 97.5 Å². The Hall–Kier alpha value is -1.94. The quantitative estimate of drug-likeness (QED) is 0.0222. The van der Waals surface area contributed by atoms with Crippen LogP contribution in [0.4, 0.5) is 0 Å². The number of phosphoric ester groups is 2. The summed E-state index contributed by atoms with van der Waals surface area (Å²) in [5, 5.41) is 10.6. The van der Waals surface area contributed by atoms with E-state index in [0.29, 0.717) is 25.7 Å². The maximum atomic E-state index is 13.1. The minimum absolute atomic E-state index is 0.106. The number of aliphatic hydroxyl groups excluding tert-OH is 1. The van der Waals surface area contributed by atoms with Crippen molar-refractivity contribution in [1.82, 2.24) is 0 Å². The molecule has 0 fully saturated rings. The second kappa shape index (κ2) is 68.2. The van der Waals surface area contributed by atoms with E-state index in [0.717, 1.165) is 95.8 Å². The summed E-state index contributed by atoms with van der Waals surface area (Å²) in [6, 6.07) is 0. The molecule has 2 unspecified atom stereocenters. The summed E-state index contributed by atoms with van der Waals surface area (Å²) in [5.41, 5.74) is 0. The van der Waals surface area contributed by atoms with E-state index in [9.17, 15) is 43.2 Å². The molecule has 0 saturated heterocycles. The number of ether oxygens (including phenoxy) is 4. The van der Waals surface area contributed by atoms with Gasteiger partial charge in [0.15, 0.2) is 12.2 Å². The Balaban J connectivity index is 5.21. The van der Waals surface area contributed by atoms with Crippen LogP contribution in [-0.4, -0.2) is 96.7 Å². The molecular formula is C75H146O17P2. The number of carbonyl (C=O) groups is 4. The standard InChI is InChI=1S/C75H146O17P2/c1-6-9-12-15-18-21-23-25-27-28-29-30-31-33-35-40-45-50-55-60-74(79)91-71(65-86-73(78)59-54-49-44-39-34-32-26-24-22-19-16-13-10-7-2)67-90-94(83,84)88-63-69(76)62-87-93(81,82)89-66-70(64-85-72(77)58-53-48-43-37-20-17-14-11-8-3)92-75(80)61-56-51-46-41-36-38-42-47-52-57-68(4)5/h68-71,76H,6-67H2,1-5H3,(H,81,82)(H,83,84)/t69-,70+,71+/m0/s1. The first-order valence-corrected chi connectivity index (χ1v) is 42.1. The van der Waals surface area contributed by atoms with Gasteiger partial charge < -0.3 is 33.8 Å². The number of esters is 4. The highest BCUT2D eigenvalue weighted by Crippen LogP contribution is 2.45. The van der Waals surface area contributed by atoms with Gasteiger partial charge in [-0.15, -0.1) is 0 Å². The van der Waals surface area contributed by atoms with Gasteiger partial charge in [0.2, 0.25) is 0 Å². The van der Waals surface area contributed by atoms with Crippen molar-refractivity contribution in [2.24, 2.45) is 5.92 Å². The molecule has 19 heteroatoms. The zero-order chi connectivity index (χ0) is 69.1. The lowest BCUT2D eigenvalue weighted by atomic mass is 10.0. The molecule has 0 aromatic rings. The summed E-state index contributed by atoms with van der Waals surface area (Å²) in [4.78, 5) is 72.7. The highest BCUT2D eigenvalue weighted by Gasteiger charge is 2.30. The lowest BCUT2D eigenvalue weighted by molar-refractivity contribution is -0.161. The zero-order valence-corrected chi connectivity index (χ0v) is 62.9. The van der Waals surface area contributed by atoms with Gasteiger partial charge in [0.05, 0.1) is 26.4 Å². The van der Waals surface area contributed by atoms with Crippen LogP contribution < -0.4 is 0 Å². The van der Waals surface area contributed by atoms with Crippen LogP contribution in [0.15, 0.2) is 0 Å². The Morgan fingerprint density at radius 3 is 0.723 bits per heavy atom. The number of carbonyl (C=O) groups excluding carboxylic acids is 4. The van der Waals surface area contributed by atoms with E-state index in [4.69, 9.17) is 37.0 Å². The molecular weight excluding hydrogens is 1230 g/mol. The summed E-state index contributed by atoms with van der Waals surface area (Å²) < 4.78 is 68.4. The molecule has 0 aliphatic heterocycles. The minimum atomic E-state index is -4.96. The van der Waals surface area contributed by atoms with Crippen molar-refractivity contribution in [2.75, 3.05) is 39.6 Å². The fourth-order valence-corrected chi connectivity index (χ4v) is 13.1. The summed E-state index contributed by atoms with van der Waals surface area (Å²) in [6.45, 7) is 7.25. The second-order valence-corrected chi connectivity index (χ2v) is 30.4. The van der Waals surface area contributed by atoms with Crippen LogP contribution in [0.25, 0.3) is 0 Å². The molecule has 0 spiro atoms. The van der Waals surface area contributed by atoms with Crippen molar-refractivity contribution in [3.05, 3.63) is 0 Å². The van der Waals surface area contributed by atoms with E-state index >= 15 is 0 Å². The van der Waals surface area contributed by atoms with E-state index in [1.165, 1.54) is 218 Å². The maximum absolute atomic E-state index is 13.1. The predicted octanol–water partition coefficient (Wildman–Crippen LogP) is 22.1. The molecule has 558 valence electrons. The fourth-order valence-electron chi connectivity index (χ4n) is 11.5. The Bertz CT molecular complexity index is 1810. The highest BCUT2D eigenvalue weighted by atomic mass is 31.2. The smallest absolute Gasteiger partial charge is 0.462 e. The largest absolute Gasteiger partial charge is 0.472 e. The third-order valence-corrected chi connectivity index (χ3v) is 19.4. The van der Waals surface area contributed by atoms with Crippen LogP contribution >= 0.6 is 15.6 Å². The van der Waals surface area contributed by atoms with Gasteiger partial charge in [-0.25, -0.2) is 9.13 Å². The number of hydrogen-bond donors (Lipinski definition) is 3. The number of unbranched alkanes of at least 4 members (excludes halogenated alkanes) is 47.